The lowest BCUT2D eigenvalue weighted by molar-refractivity contribution is 0.262. The minimum atomic E-state index is 0.189. The highest BCUT2D eigenvalue weighted by Crippen LogP contribution is 2.31. The molecule has 4 nitrogen and oxygen atoms in total. The van der Waals surface area contributed by atoms with Crippen LogP contribution in [-0.4, -0.2) is 29.6 Å². The van der Waals surface area contributed by atoms with Crippen molar-refractivity contribution in [3.05, 3.63) is 29.8 Å². The van der Waals surface area contributed by atoms with Crippen molar-refractivity contribution in [2.24, 2.45) is 10.7 Å². The average molecular weight is 307 g/mol. The first-order valence-corrected chi connectivity index (χ1v) is 8.36. The molecule has 116 valence electrons. The molecule has 0 amide bonds. The molecule has 3 N–H and O–H groups in total. The second-order valence-electron chi connectivity index (χ2n) is 6.10. The standard InChI is InChI=1S/C16H25N3OS/c1-16(2,3)21-11-9-18-15(17)19-13-8-10-20-14-7-5-4-6-12(13)14/h4-7,13H,8-11H2,1-3H3,(H3,17,18,19). The van der Waals surface area contributed by atoms with Gasteiger partial charge in [-0.2, -0.15) is 11.8 Å². The molecule has 1 aromatic rings. The van der Waals surface area contributed by atoms with Crippen molar-refractivity contribution in [1.29, 1.82) is 0 Å². The summed E-state index contributed by atoms with van der Waals surface area (Å²) < 4.78 is 5.92. The molecule has 0 bridgehead atoms. The molecule has 0 radical (unpaired) electrons. The third-order valence-corrected chi connectivity index (χ3v) is 4.44. The van der Waals surface area contributed by atoms with Crippen LogP contribution in [0.25, 0.3) is 0 Å². The lowest BCUT2D eigenvalue weighted by Gasteiger charge is -2.27. The first kappa shape index (κ1) is 16.0. The zero-order valence-corrected chi connectivity index (χ0v) is 13.9. The van der Waals surface area contributed by atoms with Gasteiger partial charge in [0.05, 0.1) is 19.2 Å². The highest BCUT2D eigenvalue weighted by Gasteiger charge is 2.21. The van der Waals surface area contributed by atoms with Crippen LogP contribution in [-0.2, 0) is 0 Å². The molecule has 2 rings (SSSR count). The van der Waals surface area contributed by atoms with Crippen LogP contribution < -0.4 is 15.8 Å². The van der Waals surface area contributed by atoms with Crippen LogP contribution in [0.1, 0.15) is 38.8 Å². The number of guanidine groups is 1. The fourth-order valence-corrected chi connectivity index (χ4v) is 3.03. The van der Waals surface area contributed by atoms with Crippen LogP contribution in [0.3, 0.4) is 0 Å². The van der Waals surface area contributed by atoms with Crippen LogP contribution >= 0.6 is 11.8 Å². The number of rotatable bonds is 4. The predicted molar refractivity (Wildman–Crippen MR) is 91.1 cm³/mol. The Labute approximate surface area is 131 Å². The van der Waals surface area contributed by atoms with Crippen LogP contribution in [0.5, 0.6) is 5.75 Å². The fourth-order valence-electron chi connectivity index (χ4n) is 2.23. The molecule has 1 atom stereocenters. The van der Waals surface area contributed by atoms with Gasteiger partial charge in [0.1, 0.15) is 5.75 Å². The average Bonchev–Trinajstić information content (AvgIpc) is 2.43. The molecule has 1 unspecified atom stereocenters. The first-order chi connectivity index (χ1) is 9.96. The quantitative estimate of drug-likeness (QED) is 0.510. The van der Waals surface area contributed by atoms with E-state index in [1.165, 1.54) is 0 Å². The second-order valence-corrected chi connectivity index (χ2v) is 8.02. The van der Waals surface area contributed by atoms with Crippen molar-refractivity contribution < 1.29 is 4.74 Å². The summed E-state index contributed by atoms with van der Waals surface area (Å²) in [6.07, 6.45) is 0.907. The summed E-state index contributed by atoms with van der Waals surface area (Å²) in [6, 6.07) is 8.28. The number of hydrogen-bond acceptors (Lipinski definition) is 3. The number of thioether (sulfide) groups is 1. The number of fused-ring (bicyclic) bond motifs is 1. The first-order valence-electron chi connectivity index (χ1n) is 7.38. The van der Waals surface area contributed by atoms with E-state index in [1.54, 1.807) is 0 Å². The number of aliphatic imine (C=N–C) groups is 1. The molecular weight excluding hydrogens is 282 g/mol. The normalized spacial score (nSPS) is 18.8. The number of nitrogens with two attached hydrogens (primary N) is 1. The van der Waals surface area contributed by atoms with E-state index in [1.807, 2.05) is 30.0 Å². The SMILES string of the molecule is CC(C)(C)SCCN=C(N)NC1CCOc2ccccc21. The lowest BCUT2D eigenvalue weighted by Crippen LogP contribution is -2.37. The largest absolute Gasteiger partial charge is 0.493 e. The molecule has 1 heterocycles. The topological polar surface area (TPSA) is 59.6 Å². The molecule has 1 aliphatic heterocycles. The summed E-state index contributed by atoms with van der Waals surface area (Å²) in [5.74, 6) is 2.44. The van der Waals surface area contributed by atoms with Gasteiger partial charge in [0, 0.05) is 22.5 Å². The van der Waals surface area contributed by atoms with Gasteiger partial charge in [-0.3, -0.25) is 4.99 Å². The molecule has 5 heteroatoms. The maximum Gasteiger partial charge on any atom is 0.189 e. The highest BCUT2D eigenvalue weighted by molar-refractivity contribution is 8.00. The van der Waals surface area contributed by atoms with Gasteiger partial charge in [-0.1, -0.05) is 39.0 Å². The Morgan fingerprint density at radius 2 is 2.19 bits per heavy atom. The van der Waals surface area contributed by atoms with E-state index < -0.39 is 0 Å². The number of hydrogen-bond donors (Lipinski definition) is 2. The van der Waals surface area contributed by atoms with E-state index >= 15 is 0 Å². The Hall–Kier alpha value is -1.36. The zero-order valence-electron chi connectivity index (χ0n) is 13.1. The molecule has 0 aromatic heterocycles. The van der Waals surface area contributed by atoms with Gasteiger partial charge in [0.2, 0.25) is 0 Å². The minimum absolute atomic E-state index is 0.189. The zero-order chi connectivity index (χ0) is 15.3. The number of nitrogens with zero attached hydrogens (tertiary/aromatic N) is 1. The Bertz CT molecular complexity index is 497. The summed E-state index contributed by atoms with van der Waals surface area (Å²) >= 11 is 1.90. The highest BCUT2D eigenvalue weighted by atomic mass is 32.2. The maximum atomic E-state index is 6.00. The van der Waals surface area contributed by atoms with Crippen LogP contribution in [0, 0.1) is 0 Å². The summed E-state index contributed by atoms with van der Waals surface area (Å²) in [4.78, 5) is 4.42. The molecular formula is C16H25N3OS. The van der Waals surface area contributed by atoms with E-state index in [0.29, 0.717) is 12.6 Å². The van der Waals surface area contributed by atoms with E-state index in [2.05, 4.69) is 37.1 Å². The van der Waals surface area contributed by atoms with Crippen molar-refractivity contribution in [2.45, 2.75) is 38.0 Å². The van der Waals surface area contributed by atoms with E-state index in [0.717, 1.165) is 30.0 Å². The Morgan fingerprint density at radius 3 is 2.95 bits per heavy atom. The lowest BCUT2D eigenvalue weighted by atomic mass is 10.0. The molecule has 0 aliphatic carbocycles. The minimum Gasteiger partial charge on any atom is -0.493 e. The molecule has 0 fully saturated rings. The van der Waals surface area contributed by atoms with E-state index in [9.17, 15) is 0 Å². The molecule has 0 saturated carbocycles. The van der Waals surface area contributed by atoms with Crippen molar-refractivity contribution in [2.75, 3.05) is 18.9 Å². The Balaban J connectivity index is 1.87. The Kier molecular flexibility index (Phi) is 5.39. The summed E-state index contributed by atoms with van der Waals surface area (Å²) in [5, 5.41) is 3.31. The van der Waals surface area contributed by atoms with Crippen molar-refractivity contribution >= 4 is 17.7 Å². The van der Waals surface area contributed by atoms with Gasteiger partial charge in [0.25, 0.3) is 0 Å². The van der Waals surface area contributed by atoms with Crippen LogP contribution in [0.15, 0.2) is 29.3 Å². The van der Waals surface area contributed by atoms with Crippen molar-refractivity contribution in [3.8, 4) is 5.75 Å². The van der Waals surface area contributed by atoms with Gasteiger partial charge in [-0.25, -0.2) is 0 Å². The van der Waals surface area contributed by atoms with Gasteiger partial charge >= 0.3 is 0 Å². The molecule has 0 spiro atoms. The second kappa shape index (κ2) is 7.07. The number of benzene rings is 1. The maximum absolute atomic E-state index is 6.00. The summed E-state index contributed by atoms with van der Waals surface area (Å²) in [7, 11) is 0. The monoisotopic (exact) mass is 307 g/mol. The van der Waals surface area contributed by atoms with Crippen molar-refractivity contribution in [3.63, 3.8) is 0 Å². The van der Waals surface area contributed by atoms with Gasteiger partial charge in [-0.05, 0) is 6.07 Å². The predicted octanol–water partition coefficient (Wildman–Crippen LogP) is 2.95. The van der Waals surface area contributed by atoms with E-state index in [-0.39, 0.29) is 10.8 Å². The van der Waals surface area contributed by atoms with Gasteiger partial charge in [0.15, 0.2) is 5.96 Å². The van der Waals surface area contributed by atoms with Crippen molar-refractivity contribution in [1.82, 2.24) is 5.32 Å². The van der Waals surface area contributed by atoms with Crippen LogP contribution in [0.2, 0.25) is 0 Å². The summed E-state index contributed by atoms with van der Waals surface area (Å²) in [5.41, 5.74) is 7.16. The number of ether oxygens (including phenoxy) is 1. The van der Waals surface area contributed by atoms with Gasteiger partial charge < -0.3 is 15.8 Å². The number of nitrogens with one attached hydrogen (secondary N) is 1. The fraction of sp³-hybridized carbons (Fsp3) is 0.562. The summed E-state index contributed by atoms with van der Waals surface area (Å²) in [6.45, 7) is 8.08. The smallest absolute Gasteiger partial charge is 0.189 e. The van der Waals surface area contributed by atoms with Crippen LogP contribution in [0.4, 0.5) is 0 Å². The third-order valence-electron chi connectivity index (χ3n) is 3.19. The third kappa shape index (κ3) is 5.16. The molecule has 1 aliphatic rings. The van der Waals surface area contributed by atoms with Gasteiger partial charge in [-0.15, -0.1) is 0 Å². The molecule has 21 heavy (non-hydrogen) atoms. The Morgan fingerprint density at radius 1 is 1.43 bits per heavy atom. The molecule has 1 aromatic carbocycles. The van der Waals surface area contributed by atoms with E-state index in [4.69, 9.17) is 10.5 Å². The molecule has 0 saturated heterocycles. The number of para-hydroxylation sites is 1.